The molecule has 0 radical (unpaired) electrons. The van der Waals surface area contributed by atoms with E-state index in [1.54, 1.807) is 10.7 Å². The van der Waals surface area contributed by atoms with Gasteiger partial charge in [0, 0.05) is 6.07 Å². The van der Waals surface area contributed by atoms with E-state index in [4.69, 9.17) is 0 Å². The lowest BCUT2D eigenvalue weighted by Gasteiger charge is -2.19. The van der Waals surface area contributed by atoms with Crippen LogP contribution >= 0.6 is 0 Å². The average Bonchev–Trinajstić information content (AvgIpc) is 2.27. The van der Waals surface area contributed by atoms with Gasteiger partial charge in [-0.05, 0) is 33.1 Å². The fraction of sp³-hybridized carbons (Fsp3) is 0.727. The van der Waals surface area contributed by atoms with Gasteiger partial charge in [-0.1, -0.05) is 13.8 Å². The lowest BCUT2D eigenvalue weighted by Crippen LogP contribution is -2.22. The van der Waals surface area contributed by atoms with Crippen LogP contribution in [0.15, 0.2) is 6.07 Å². The number of aromatic nitrogens is 2. The SMILES string of the molecule is CC(C)Cc1cc(O)n(C(C)(C)C)n1. The van der Waals surface area contributed by atoms with E-state index in [1.807, 2.05) is 20.8 Å². The van der Waals surface area contributed by atoms with Gasteiger partial charge in [0.15, 0.2) is 0 Å². The lowest BCUT2D eigenvalue weighted by atomic mass is 10.1. The molecule has 0 atom stereocenters. The van der Waals surface area contributed by atoms with E-state index in [0.717, 1.165) is 12.1 Å². The van der Waals surface area contributed by atoms with Gasteiger partial charge in [0.25, 0.3) is 0 Å². The van der Waals surface area contributed by atoms with Crippen LogP contribution in [-0.2, 0) is 12.0 Å². The van der Waals surface area contributed by atoms with Crippen LogP contribution in [-0.4, -0.2) is 14.9 Å². The van der Waals surface area contributed by atoms with Crippen LogP contribution in [0.3, 0.4) is 0 Å². The molecule has 80 valence electrons. The van der Waals surface area contributed by atoms with E-state index in [0.29, 0.717) is 5.92 Å². The highest BCUT2D eigenvalue weighted by molar-refractivity contribution is 5.16. The van der Waals surface area contributed by atoms with Gasteiger partial charge in [-0.2, -0.15) is 5.10 Å². The van der Waals surface area contributed by atoms with Gasteiger partial charge in [-0.25, -0.2) is 4.68 Å². The van der Waals surface area contributed by atoms with Crippen molar-refractivity contribution < 1.29 is 5.11 Å². The normalized spacial score (nSPS) is 12.4. The molecule has 0 aliphatic carbocycles. The Bertz CT molecular complexity index is 308. The highest BCUT2D eigenvalue weighted by atomic mass is 16.3. The summed E-state index contributed by atoms with van der Waals surface area (Å²) in [5.74, 6) is 0.825. The first-order valence-corrected chi connectivity index (χ1v) is 5.09. The van der Waals surface area contributed by atoms with E-state index in [9.17, 15) is 5.11 Å². The van der Waals surface area contributed by atoms with Crippen molar-refractivity contribution in [1.29, 1.82) is 0 Å². The van der Waals surface area contributed by atoms with E-state index < -0.39 is 0 Å². The van der Waals surface area contributed by atoms with Crippen LogP contribution in [0.4, 0.5) is 0 Å². The van der Waals surface area contributed by atoms with Crippen molar-refractivity contribution in [2.24, 2.45) is 5.92 Å². The predicted octanol–water partition coefficient (Wildman–Crippen LogP) is 2.54. The molecule has 1 heterocycles. The summed E-state index contributed by atoms with van der Waals surface area (Å²) in [5, 5.41) is 14.1. The Morgan fingerprint density at radius 2 is 2.00 bits per heavy atom. The van der Waals surface area contributed by atoms with Gasteiger partial charge in [0.05, 0.1) is 11.2 Å². The molecular weight excluding hydrogens is 176 g/mol. The molecule has 0 amide bonds. The van der Waals surface area contributed by atoms with Gasteiger partial charge in [0.1, 0.15) is 0 Å². The van der Waals surface area contributed by atoms with Crippen molar-refractivity contribution in [3.05, 3.63) is 11.8 Å². The quantitative estimate of drug-likeness (QED) is 0.789. The molecule has 0 spiro atoms. The molecule has 0 fully saturated rings. The Kier molecular flexibility index (Phi) is 2.88. The highest BCUT2D eigenvalue weighted by Crippen LogP contribution is 2.22. The minimum Gasteiger partial charge on any atom is -0.493 e. The summed E-state index contributed by atoms with van der Waals surface area (Å²) in [4.78, 5) is 0. The Labute approximate surface area is 85.8 Å². The second-order valence-corrected chi connectivity index (χ2v) is 5.17. The maximum atomic E-state index is 9.68. The van der Waals surface area contributed by atoms with Crippen molar-refractivity contribution in [2.45, 2.75) is 46.6 Å². The van der Waals surface area contributed by atoms with Gasteiger partial charge in [-0.3, -0.25) is 0 Å². The standard InChI is InChI=1S/C11H20N2O/c1-8(2)6-9-7-10(14)13(12-9)11(3,4)5/h7-8,14H,6H2,1-5H3. The first-order valence-electron chi connectivity index (χ1n) is 5.09. The Morgan fingerprint density at radius 3 is 2.36 bits per heavy atom. The molecule has 0 saturated carbocycles. The van der Waals surface area contributed by atoms with Gasteiger partial charge in [-0.15, -0.1) is 0 Å². The van der Waals surface area contributed by atoms with E-state index in [2.05, 4.69) is 18.9 Å². The summed E-state index contributed by atoms with van der Waals surface area (Å²) in [6.07, 6.45) is 0.913. The minimum absolute atomic E-state index is 0.153. The average molecular weight is 196 g/mol. The Morgan fingerprint density at radius 1 is 1.43 bits per heavy atom. The van der Waals surface area contributed by atoms with Crippen LogP contribution < -0.4 is 0 Å². The third kappa shape index (κ3) is 2.50. The van der Waals surface area contributed by atoms with Gasteiger partial charge >= 0.3 is 0 Å². The smallest absolute Gasteiger partial charge is 0.209 e. The molecule has 1 N–H and O–H groups in total. The predicted molar refractivity (Wildman–Crippen MR) is 57.4 cm³/mol. The van der Waals surface area contributed by atoms with Crippen molar-refractivity contribution in [3.63, 3.8) is 0 Å². The van der Waals surface area contributed by atoms with Crippen molar-refractivity contribution in [3.8, 4) is 5.88 Å². The van der Waals surface area contributed by atoms with Gasteiger partial charge in [0.2, 0.25) is 5.88 Å². The first-order chi connectivity index (χ1) is 6.30. The topological polar surface area (TPSA) is 38.0 Å². The fourth-order valence-electron chi connectivity index (χ4n) is 1.43. The van der Waals surface area contributed by atoms with Crippen LogP contribution in [0.25, 0.3) is 0 Å². The van der Waals surface area contributed by atoms with Crippen LogP contribution in [0.1, 0.15) is 40.3 Å². The van der Waals surface area contributed by atoms with Crippen molar-refractivity contribution in [2.75, 3.05) is 0 Å². The lowest BCUT2D eigenvalue weighted by molar-refractivity contribution is 0.293. The number of hydrogen-bond donors (Lipinski definition) is 1. The third-order valence-electron chi connectivity index (χ3n) is 1.99. The van der Waals surface area contributed by atoms with Crippen molar-refractivity contribution >= 4 is 0 Å². The summed E-state index contributed by atoms with van der Waals surface area (Å²) in [6, 6.07) is 1.76. The Balaban J connectivity index is 2.94. The van der Waals surface area contributed by atoms with Crippen LogP contribution in [0.5, 0.6) is 5.88 Å². The number of hydrogen-bond acceptors (Lipinski definition) is 2. The second-order valence-electron chi connectivity index (χ2n) is 5.17. The molecule has 0 aliphatic rings. The third-order valence-corrected chi connectivity index (χ3v) is 1.99. The summed E-state index contributed by atoms with van der Waals surface area (Å²) in [6.45, 7) is 10.4. The zero-order chi connectivity index (χ0) is 10.9. The van der Waals surface area contributed by atoms with Gasteiger partial charge < -0.3 is 5.11 Å². The molecule has 3 heteroatoms. The molecule has 3 nitrogen and oxygen atoms in total. The molecule has 1 rings (SSSR count). The highest BCUT2D eigenvalue weighted by Gasteiger charge is 2.19. The molecule has 1 aromatic heterocycles. The zero-order valence-corrected chi connectivity index (χ0v) is 9.70. The maximum absolute atomic E-state index is 9.68. The molecule has 0 aromatic carbocycles. The fourth-order valence-corrected chi connectivity index (χ4v) is 1.43. The molecular formula is C11H20N2O. The summed E-state index contributed by atoms with van der Waals surface area (Å²) in [7, 11) is 0. The first kappa shape index (κ1) is 11.1. The zero-order valence-electron chi connectivity index (χ0n) is 9.70. The van der Waals surface area contributed by atoms with Crippen molar-refractivity contribution in [1.82, 2.24) is 9.78 Å². The number of rotatable bonds is 2. The second kappa shape index (κ2) is 3.64. The molecule has 0 saturated heterocycles. The summed E-state index contributed by atoms with van der Waals surface area (Å²) < 4.78 is 1.67. The molecule has 0 aliphatic heterocycles. The Hall–Kier alpha value is -0.990. The maximum Gasteiger partial charge on any atom is 0.209 e. The number of aromatic hydroxyl groups is 1. The largest absolute Gasteiger partial charge is 0.493 e. The number of nitrogens with zero attached hydrogens (tertiary/aromatic N) is 2. The van der Waals surface area contributed by atoms with E-state index >= 15 is 0 Å². The summed E-state index contributed by atoms with van der Waals surface area (Å²) in [5.41, 5.74) is 0.812. The molecule has 14 heavy (non-hydrogen) atoms. The van der Waals surface area contributed by atoms with E-state index in [1.165, 1.54) is 0 Å². The molecule has 1 aromatic rings. The minimum atomic E-state index is -0.153. The van der Waals surface area contributed by atoms with Crippen LogP contribution in [0.2, 0.25) is 0 Å². The molecule has 0 unspecified atom stereocenters. The molecule has 0 bridgehead atoms. The summed E-state index contributed by atoms with van der Waals surface area (Å²) >= 11 is 0. The monoisotopic (exact) mass is 196 g/mol. The van der Waals surface area contributed by atoms with Crippen LogP contribution in [0, 0.1) is 5.92 Å². The van der Waals surface area contributed by atoms with E-state index in [-0.39, 0.29) is 11.4 Å².